The Bertz CT molecular complexity index is 353. The first kappa shape index (κ1) is 14.6. The first-order valence-corrected chi connectivity index (χ1v) is 6.73. The quantitative estimate of drug-likeness (QED) is 0.803. The van der Waals surface area contributed by atoms with Gasteiger partial charge in [0.2, 0.25) is 5.91 Å². The van der Waals surface area contributed by atoms with Gasteiger partial charge in [-0.3, -0.25) is 4.79 Å². The van der Waals surface area contributed by atoms with Crippen LogP contribution >= 0.6 is 34.8 Å². The van der Waals surface area contributed by atoms with E-state index in [0.717, 1.165) is 12.0 Å². The summed E-state index contributed by atoms with van der Waals surface area (Å²) in [4.78, 5) is 11.0. The Kier molecular flexibility index (Phi) is 6.71. The predicted octanol–water partition coefficient (Wildman–Crippen LogP) is 3.09. The number of amides is 1. The van der Waals surface area contributed by atoms with Crippen molar-refractivity contribution in [2.75, 3.05) is 18.3 Å². The third-order valence-electron chi connectivity index (χ3n) is 2.37. The third-order valence-corrected chi connectivity index (χ3v) is 3.30. The van der Waals surface area contributed by atoms with Crippen LogP contribution in [0, 0.1) is 5.92 Å². The number of halogens is 3. The zero-order chi connectivity index (χ0) is 12.7. The molecule has 0 bridgehead atoms. The van der Waals surface area contributed by atoms with Gasteiger partial charge in [-0.05, 0) is 30.0 Å². The molecule has 0 fully saturated rings. The molecular formula is C12H14Cl3NO. The molecule has 0 heterocycles. The monoisotopic (exact) mass is 293 g/mol. The summed E-state index contributed by atoms with van der Waals surface area (Å²) in [6.45, 7) is 0.539. The largest absolute Gasteiger partial charge is 0.355 e. The highest BCUT2D eigenvalue weighted by molar-refractivity contribution is 6.30. The molecule has 1 atom stereocenters. The predicted molar refractivity (Wildman–Crippen MR) is 73.1 cm³/mol. The van der Waals surface area contributed by atoms with Gasteiger partial charge < -0.3 is 5.32 Å². The zero-order valence-corrected chi connectivity index (χ0v) is 11.5. The van der Waals surface area contributed by atoms with Crippen molar-refractivity contribution in [3.05, 3.63) is 34.9 Å². The van der Waals surface area contributed by atoms with Gasteiger partial charge in [0, 0.05) is 17.4 Å². The normalized spacial score (nSPS) is 12.2. The number of rotatable bonds is 6. The second-order valence-corrected chi connectivity index (χ2v) is 4.80. The summed E-state index contributed by atoms with van der Waals surface area (Å²) in [7, 11) is 0. The Morgan fingerprint density at radius 2 is 1.88 bits per heavy atom. The number of alkyl halides is 2. The van der Waals surface area contributed by atoms with E-state index in [4.69, 9.17) is 34.8 Å². The van der Waals surface area contributed by atoms with Crippen LogP contribution in [0.15, 0.2) is 24.3 Å². The van der Waals surface area contributed by atoms with Crippen LogP contribution in [-0.2, 0) is 11.2 Å². The highest BCUT2D eigenvalue weighted by atomic mass is 35.5. The van der Waals surface area contributed by atoms with E-state index in [-0.39, 0.29) is 17.7 Å². The maximum atomic E-state index is 11.0. The Morgan fingerprint density at radius 1 is 1.24 bits per heavy atom. The number of nitrogens with one attached hydrogen (secondary N) is 1. The molecule has 1 N–H and O–H groups in total. The number of carbonyl (C=O) groups excluding carboxylic acids is 1. The van der Waals surface area contributed by atoms with Gasteiger partial charge in [-0.25, -0.2) is 0 Å². The summed E-state index contributed by atoms with van der Waals surface area (Å²) >= 11 is 17.1. The molecule has 0 aliphatic rings. The van der Waals surface area contributed by atoms with Crippen molar-refractivity contribution in [1.82, 2.24) is 5.32 Å². The highest BCUT2D eigenvalue weighted by Crippen LogP contribution is 2.14. The van der Waals surface area contributed by atoms with Gasteiger partial charge in [0.15, 0.2) is 0 Å². The van der Waals surface area contributed by atoms with Crippen LogP contribution in [0.4, 0.5) is 0 Å². The molecule has 0 radical (unpaired) electrons. The molecule has 94 valence electrons. The molecule has 17 heavy (non-hydrogen) atoms. The molecule has 0 saturated carbocycles. The molecular weight excluding hydrogens is 280 g/mol. The first-order valence-electron chi connectivity index (χ1n) is 5.28. The van der Waals surface area contributed by atoms with E-state index in [1.165, 1.54) is 0 Å². The van der Waals surface area contributed by atoms with Gasteiger partial charge in [0.05, 0.1) is 0 Å². The number of hydrogen-bond acceptors (Lipinski definition) is 1. The van der Waals surface area contributed by atoms with E-state index in [1.54, 1.807) is 0 Å². The summed E-state index contributed by atoms with van der Waals surface area (Å²) in [5, 5.41) is 3.45. The Labute approximate surface area is 116 Å². The maximum Gasteiger partial charge on any atom is 0.234 e. The van der Waals surface area contributed by atoms with Crippen LogP contribution in [0.3, 0.4) is 0 Å². The van der Waals surface area contributed by atoms with E-state index < -0.39 is 0 Å². The number of benzene rings is 1. The fourth-order valence-electron chi connectivity index (χ4n) is 1.44. The fourth-order valence-corrected chi connectivity index (χ4v) is 1.88. The van der Waals surface area contributed by atoms with E-state index in [0.29, 0.717) is 17.4 Å². The summed E-state index contributed by atoms with van der Waals surface area (Å²) < 4.78 is 0. The van der Waals surface area contributed by atoms with Crippen LogP contribution in [0.25, 0.3) is 0 Å². The Morgan fingerprint density at radius 3 is 2.41 bits per heavy atom. The van der Waals surface area contributed by atoms with E-state index >= 15 is 0 Å². The van der Waals surface area contributed by atoms with Crippen LogP contribution in [0.1, 0.15) is 5.56 Å². The molecule has 1 aromatic carbocycles. The zero-order valence-electron chi connectivity index (χ0n) is 9.26. The van der Waals surface area contributed by atoms with Crippen LogP contribution in [0.5, 0.6) is 0 Å². The molecule has 0 aliphatic heterocycles. The van der Waals surface area contributed by atoms with Gasteiger partial charge in [-0.2, -0.15) is 0 Å². The lowest BCUT2D eigenvalue weighted by Crippen LogP contribution is -2.31. The van der Waals surface area contributed by atoms with Crippen LogP contribution in [0.2, 0.25) is 5.02 Å². The second kappa shape index (κ2) is 7.80. The molecule has 0 spiro atoms. The maximum absolute atomic E-state index is 11.0. The first-order chi connectivity index (χ1) is 8.15. The smallest absolute Gasteiger partial charge is 0.234 e. The molecule has 0 saturated heterocycles. The minimum atomic E-state index is -0.169. The molecule has 0 aliphatic carbocycles. The molecule has 1 amide bonds. The average Bonchev–Trinajstić information content (AvgIpc) is 2.36. The van der Waals surface area contributed by atoms with Crippen LogP contribution in [-0.4, -0.2) is 24.2 Å². The summed E-state index contributed by atoms with van der Waals surface area (Å²) in [5.41, 5.74) is 1.15. The van der Waals surface area contributed by atoms with E-state index in [2.05, 4.69) is 5.32 Å². The second-order valence-electron chi connectivity index (χ2n) is 3.79. The molecule has 0 aromatic heterocycles. The molecule has 1 aromatic rings. The SMILES string of the molecule is O=C(CCl)NCC(CCl)Cc1ccc(Cl)cc1. The fraction of sp³-hybridized carbons (Fsp3) is 0.417. The lowest BCUT2D eigenvalue weighted by molar-refractivity contribution is -0.118. The van der Waals surface area contributed by atoms with Gasteiger partial charge in [0.1, 0.15) is 5.88 Å². The van der Waals surface area contributed by atoms with Crippen molar-refractivity contribution in [2.45, 2.75) is 6.42 Å². The molecule has 5 heteroatoms. The summed E-state index contributed by atoms with van der Waals surface area (Å²) in [5.74, 6) is 0.504. The van der Waals surface area contributed by atoms with Crippen molar-refractivity contribution in [3.63, 3.8) is 0 Å². The summed E-state index contributed by atoms with van der Waals surface area (Å²) in [6.07, 6.45) is 0.809. The molecule has 2 nitrogen and oxygen atoms in total. The lowest BCUT2D eigenvalue weighted by Gasteiger charge is -2.14. The highest BCUT2D eigenvalue weighted by Gasteiger charge is 2.10. The Balaban J connectivity index is 2.46. The Hall–Kier alpha value is -0.440. The van der Waals surface area contributed by atoms with Crippen molar-refractivity contribution >= 4 is 40.7 Å². The van der Waals surface area contributed by atoms with Crippen molar-refractivity contribution in [1.29, 1.82) is 0 Å². The number of hydrogen-bond donors (Lipinski definition) is 1. The minimum absolute atomic E-state index is 0.0179. The molecule has 1 rings (SSSR count). The van der Waals surface area contributed by atoms with Crippen molar-refractivity contribution < 1.29 is 4.79 Å². The van der Waals surface area contributed by atoms with E-state index in [1.807, 2.05) is 24.3 Å². The van der Waals surface area contributed by atoms with Gasteiger partial charge >= 0.3 is 0 Å². The van der Waals surface area contributed by atoms with Crippen LogP contribution < -0.4 is 5.32 Å². The van der Waals surface area contributed by atoms with Crippen molar-refractivity contribution in [2.24, 2.45) is 5.92 Å². The van der Waals surface area contributed by atoms with Crippen molar-refractivity contribution in [3.8, 4) is 0 Å². The van der Waals surface area contributed by atoms with Gasteiger partial charge in [-0.1, -0.05) is 23.7 Å². The molecule has 1 unspecified atom stereocenters. The lowest BCUT2D eigenvalue weighted by atomic mass is 10.0. The topological polar surface area (TPSA) is 29.1 Å². The van der Waals surface area contributed by atoms with E-state index in [9.17, 15) is 4.79 Å². The van der Waals surface area contributed by atoms with Gasteiger partial charge in [-0.15, -0.1) is 23.2 Å². The average molecular weight is 295 g/mol. The minimum Gasteiger partial charge on any atom is -0.355 e. The number of carbonyl (C=O) groups is 1. The third kappa shape index (κ3) is 5.62. The standard InChI is InChI=1S/C12H14Cl3NO/c13-6-10(8-16-12(17)7-14)5-9-1-3-11(15)4-2-9/h1-4,10H,5-8H2,(H,16,17). The van der Waals surface area contributed by atoms with Gasteiger partial charge in [0.25, 0.3) is 0 Å². The summed E-state index contributed by atoms with van der Waals surface area (Å²) in [6, 6.07) is 7.62.